The summed E-state index contributed by atoms with van der Waals surface area (Å²) in [5, 5.41) is 9.59. The topological polar surface area (TPSA) is 105 Å². The Hall–Kier alpha value is -4.06. The van der Waals surface area contributed by atoms with Crippen LogP contribution in [0.5, 0.6) is 0 Å². The molecule has 2 aromatic carbocycles. The van der Waals surface area contributed by atoms with E-state index in [1.807, 2.05) is 0 Å². The van der Waals surface area contributed by atoms with E-state index < -0.39 is 41.4 Å². The highest BCUT2D eigenvalue weighted by molar-refractivity contribution is 6.30. The third kappa shape index (κ3) is 3.78. The molecule has 38 heavy (non-hydrogen) atoms. The molecular formula is C25H20ClF3N4O5. The fourth-order valence-corrected chi connectivity index (χ4v) is 5.59. The highest BCUT2D eigenvalue weighted by Gasteiger charge is 2.46. The molecule has 1 aromatic heterocycles. The van der Waals surface area contributed by atoms with E-state index in [4.69, 9.17) is 11.6 Å². The molecule has 2 unspecified atom stereocenters. The van der Waals surface area contributed by atoms with E-state index in [-0.39, 0.29) is 34.7 Å². The molecule has 13 heteroatoms. The van der Waals surface area contributed by atoms with Gasteiger partial charge in [0.1, 0.15) is 5.57 Å². The summed E-state index contributed by atoms with van der Waals surface area (Å²) in [5.74, 6) is -2.58. The van der Waals surface area contributed by atoms with Crippen LogP contribution in [0.3, 0.4) is 0 Å². The van der Waals surface area contributed by atoms with Crippen molar-refractivity contribution in [3.05, 3.63) is 74.3 Å². The Kier molecular flexibility index (Phi) is 5.90. The first-order chi connectivity index (χ1) is 17.8. The molecule has 0 saturated heterocycles. The minimum Gasteiger partial charge on any atom is -0.477 e. The van der Waals surface area contributed by atoms with Gasteiger partial charge in [0.15, 0.2) is 12.5 Å². The van der Waals surface area contributed by atoms with E-state index in [1.54, 1.807) is 32.3 Å². The van der Waals surface area contributed by atoms with Crippen molar-refractivity contribution in [3.63, 3.8) is 0 Å². The fourth-order valence-electron chi connectivity index (χ4n) is 5.36. The molecule has 3 aromatic rings. The summed E-state index contributed by atoms with van der Waals surface area (Å²) < 4.78 is 44.0. The van der Waals surface area contributed by atoms with Gasteiger partial charge in [-0.15, -0.1) is 0 Å². The number of hydrogen-bond donors (Lipinski definition) is 1. The average molecular weight is 549 g/mol. The van der Waals surface area contributed by atoms with Gasteiger partial charge in [-0.25, -0.2) is 9.59 Å². The maximum absolute atomic E-state index is 13.7. The Bertz CT molecular complexity index is 1620. The van der Waals surface area contributed by atoms with Gasteiger partial charge in [0.05, 0.1) is 22.6 Å². The number of hydrogen-bond acceptors (Lipinski definition) is 5. The standard InChI is InChI=1S/C25H20ClF3N4O5/c1-30-19-5-3-13(9-20(19)31(2)24(30)38)32-10-16(23(36)37)22(35)33(21(32)11-34)18-6-4-14-15(18)7-12(26)8-17(14)25(27,28)29/h3,5,7-11,18,21H,4,6H2,1-2H3,(H,36,37). The lowest BCUT2D eigenvalue weighted by molar-refractivity contribution is -0.142. The zero-order chi connectivity index (χ0) is 27.7. The van der Waals surface area contributed by atoms with Gasteiger partial charge < -0.3 is 14.9 Å². The number of fused-ring (bicyclic) bond motifs is 2. The van der Waals surface area contributed by atoms with Gasteiger partial charge in [-0.05, 0) is 54.3 Å². The number of anilines is 1. The van der Waals surface area contributed by atoms with E-state index in [0.29, 0.717) is 23.0 Å². The van der Waals surface area contributed by atoms with Crippen molar-refractivity contribution in [3.8, 4) is 0 Å². The maximum Gasteiger partial charge on any atom is 0.416 e. The Morgan fingerprint density at radius 3 is 2.42 bits per heavy atom. The Morgan fingerprint density at radius 2 is 1.79 bits per heavy atom. The summed E-state index contributed by atoms with van der Waals surface area (Å²) in [7, 11) is 3.13. The summed E-state index contributed by atoms with van der Waals surface area (Å²) in [4.78, 5) is 52.5. The summed E-state index contributed by atoms with van der Waals surface area (Å²) >= 11 is 6.02. The Morgan fingerprint density at radius 1 is 1.11 bits per heavy atom. The first-order valence-electron chi connectivity index (χ1n) is 11.4. The maximum atomic E-state index is 13.7. The van der Waals surface area contributed by atoms with Crippen LogP contribution < -0.4 is 10.6 Å². The Balaban J connectivity index is 1.68. The fraction of sp³-hybridized carbons (Fsp3) is 0.280. The van der Waals surface area contributed by atoms with Gasteiger partial charge in [-0.2, -0.15) is 13.2 Å². The summed E-state index contributed by atoms with van der Waals surface area (Å²) in [5.41, 5.74) is -0.488. The van der Waals surface area contributed by atoms with Crippen molar-refractivity contribution >= 4 is 46.5 Å². The first-order valence-corrected chi connectivity index (χ1v) is 11.8. The van der Waals surface area contributed by atoms with E-state index >= 15 is 0 Å². The zero-order valence-corrected chi connectivity index (χ0v) is 20.7. The molecule has 1 amide bonds. The molecule has 2 aliphatic rings. The van der Waals surface area contributed by atoms with Crippen LogP contribution in [0.25, 0.3) is 11.0 Å². The van der Waals surface area contributed by atoms with Crippen molar-refractivity contribution in [1.29, 1.82) is 0 Å². The third-order valence-corrected chi connectivity index (χ3v) is 7.34. The van der Waals surface area contributed by atoms with Crippen LogP contribution in [0.15, 0.2) is 46.9 Å². The number of aliphatic carboxylic acids is 1. The van der Waals surface area contributed by atoms with Crippen LogP contribution in [0.1, 0.15) is 29.2 Å². The van der Waals surface area contributed by atoms with Crippen molar-refractivity contribution in [1.82, 2.24) is 14.0 Å². The van der Waals surface area contributed by atoms with E-state index in [1.165, 1.54) is 20.1 Å². The number of benzene rings is 2. The first kappa shape index (κ1) is 25.6. The average Bonchev–Trinajstić information content (AvgIpc) is 3.36. The third-order valence-electron chi connectivity index (χ3n) is 7.13. The molecule has 0 spiro atoms. The lowest BCUT2D eigenvalue weighted by Gasteiger charge is -2.43. The van der Waals surface area contributed by atoms with Gasteiger partial charge in [-0.1, -0.05) is 11.6 Å². The number of halogens is 4. The SMILES string of the molecule is Cn1c(=O)n(C)c2cc(N3C=C(C(=O)O)C(=O)N(C4CCc5c4cc(Cl)cc5C(F)(F)F)C3C=O)ccc21. The molecule has 1 N–H and O–H groups in total. The number of imidazole rings is 1. The quantitative estimate of drug-likeness (QED) is 0.396. The number of aromatic nitrogens is 2. The molecule has 1 aliphatic heterocycles. The van der Waals surface area contributed by atoms with Crippen molar-refractivity contribution < 1.29 is 32.7 Å². The molecule has 0 bridgehead atoms. The minimum absolute atomic E-state index is 0.0296. The number of alkyl halides is 3. The number of aryl methyl sites for hydroxylation is 2. The molecule has 0 radical (unpaired) electrons. The van der Waals surface area contributed by atoms with Gasteiger partial charge in [-0.3, -0.25) is 18.7 Å². The van der Waals surface area contributed by atoms with Crippen LogP contribution in [0, 0.1) is 0 Å². The second-order valence-electron chi connectivity index (χ2n) is 9.16. The highest BCUT2D eigenvalue weighted by Crippen LogP contribution is 2.46. The van der Waals surface area contributed by atoms with Crippen molar-refractivity contribution in [2.45, 2.75) is 31.2 Å². The largest absolute Gasteiger partial charge is 0.477 e. The van der Waals surface area contributed by atoms with Crippen LogP contribution in [0.2, 0.25) is 5.02 Å². The monoisotopic (exact) mass is 548 g/mol. The number of carbonyl (C=O) groups is 3. The van der Waals surface area contributed by atoms with Crippen LogP contribution >= 0.6 is 11.6 Å². The van der Waals surface area contributed by atoms with Gasteiger partial charge >= 0.3 is 17.8 Å². The van der Waals surface area contributed by atoms with E-state index in [9.17, 15) is 37.5 Å². The zero-order valence-electron chi connectivity index (χ0n) is 20.0. The van der Waals surface area contributed by atoms with Crippen LogP contribution in [-0.4, -0.2) is 43.5 Å². The Labute approximate surface area is 217 Å². The normalized spacial score (nSPS) is 19.6. The molecule has 0 saturated carbocycles. The number of aldehydes is 1. The molecule has 1 aliphatic carbocycles. The smallest absolute Gasteiger partial charge is 0.416 e. The second kappa shape index (κ2) is 8.76. The highest BCUT2D eigenvalue weighted by atomic mass is 35.5. The van der Waals surface area contributed by atoms with E-state index in [0.717, 1.165) is 17.2 Å². The number of carboxylic acids is 1. The molecule has 9 nitrogen and oxygen atoms in total. The van der Waals surface area contributed by atoms with Gasteiger partial charge in [0.2, 0.25) is 0 Å². The van der Waals surface area contributed by atoms with Gasteiger partial charge in [0, 0.05) is 31.0 Å². The number of carbonyl (C=O) groups excluding carboxylic acids is 2. The predicted octanol–water partition coefficient (Wildman–Crippen LogP) is 3.38. The molecule has 2 heterocycles. The predicted molar refractivity (Wildman–Crippen MR) is 131 cm³/mol. The molecular weight excluding hydrogens is 529 g/mol. The second-order valence-corrected chi connectivity index (χ2v) is 9.60. The number of amides is 1. The summed E-state index contributed by atoms with van der Waals surface area (Å²) in [6, 6.07) is 5.83. The number of carboxylic acid groups (broad SMARTS) is 1. The summed E-state index contributed by atoms with van der Waals surface area (Å²) in [6.45, 7) is 0. The summed E-state index contributed by atoms with van der Waals surface area (Å²) in [6.07, 6.45) is -4.65. The lowest BCUT2D eigenvalue weighted by Crippen LogP contribution is -2.56. The minimum atomic E-state index is -4.70. The molecule has 2 atom stereocenters. The number of nitrogens with zero attached hydrogens (tertiary/aromatic N) is 4. The number of rotatable bonds is 4. The van der Waals surface area contributed by atoms with Crippen LogP contribution in [-0.2, 0) is 41.1 Å². The molecule has 0 fully saturated rings. The molecule has 198 valence electrons. The van der Waals surface area contributed by atoms with E-state index in [2.05, 4.69) is 0 Å². The lowest BCUT2D eigenvalue weighted by atomic mass is 9.99. The van der Waals surface area contributed by atoms with Crippen molar-refractivity contribution in [2.24, 2.45) is 14.1 Å². The molecule has 5 rings (SSSR count). The van der Waals surface area contributed by atoms with Crippen molar-refractivity contribution in [2.75, 3.05) is 4.90 Å². The van der Waals surface area contributed by atoms with Gasteiger partial charge in [0.25, 0.3) is 5.91 Å². The van der Waals surface area contributed by atoms with Crippen LogP contribution in [0.4, 0.5) is 18.9 Å².